The van der Waals surface area contributed by atoms with Crippen LogP contribution in [0.2, 0.25) is 0 Å². The fraction of sp³-hybridized carbons (Fsp3) is 0.294. The summed E-state index contributed by atoms with van der Waals surface area (Å²) in [5, 5.41) is 11.2. The molecule has 2 aliphatic rings. The molecule has 3 atom stereocenters. The van der Waals surface area contributed by atoms with E-state index in [0.29, 0.717) is 18.6 Å². The van der Waals surface area contributed by atoms with Crippen LogP contribution in [0.3, 0.4) is 0 Å². The minimum atomic E-state index is -1.27. The Hall–Kier alpha value is -2.40. The number of carbonyl (C=O) groups is 2. The van der Waals surface area contributed by atoms with Crippen molar-refractivity contribution >= 4 is 12.3 Å². The molecule has 3 rings (SSSR count). The summed E-state index contributed by atoms with van der Waals surface area (Å²) in [5.74, 6) is -2.00. The van der Waals surface area contributed by atoms with E-state index in [1.165, 1.54) is 6.26 Å². The number of allylic oxidation sites excluding steroid dienone is 1. The number of fused-ring (bicyclic) bond motifs is 1. The largest absolute Gasteiger partial charge is 0.545 e. The van der Waals surface area contributed by atoms with E-state index in [4.69, 9.17) is 9.47 Å². The first-order valence-corrected chi connectivity index (χ1v) is 7.08. The van der Waals surface area contributed by atoms with E-state index in [1.807, 2.05) is 30.3 Å². The van der Waals surface area contributed by atoms with Crippen LogP contribution in [0.5, 0.6) is 0 Å². The van der Waals surface area contributed by atoms with Gasteiger partial charge < -0.3 is 19.4 Å². The van der Waals surface area contributed by atoms with Gasteiger partial charge in [-0.2, -0.15) is 0 Å². The molecule has 114 valence electrons. The number of hydrogen-bond acceptors (Lipinski definition) is 5. The molecule has 5 heteroatoms. The third kappa shape index (κ3) is 2.67. The van der Waals surface area contributed by atoms with Crippen molar-refractivity contribution in [1.29, 1.82) is 0 Å². The quantitative estimate of drug-likeness (QED) is 0.757. The van der Waals surface area contributed by atoms with Gasteiger partial charge in [0, 0.05) is 11.5 Å². The topological polar surface area (TPSA) is 75.7 Å². The highest BCUT2D eigenvalue weighted by molar-refractivity contribution is 5.86. The molecule has 1 aliphatic heterocycles. The molecule has 1 aromatic carbocycles. The van der Waals surface area contributed by atoms with Gasteiger partial charge in [0.05, 0.1) is 24.8 Å². The molecule has 22 heavy (non-hydrogen) atoms. The van der Waals surface area contributed by atoms with Crippen LogP contribution in [0.1, 0.15) is 12.0 Å². The number of aldehydes is 1. The van der Waals surface area contributed by atoms with Crippen LogP contribution in [-0.2, 0) is 25.7 Å². The van der Waals surface area contributed by atoms with Crippen molar-refractivity contribution in [2.45, 2.75) is 19.3 Å². The number of rotatable bonds is 5. The molecule has 1 aliphatic carbocycles. The fourth-order valence-electron chi connectivity index (χ4n) is 2.98. The Morgan fingerprint density at radius 1 is 1.36 bits per heavy atom. The first-order chi connectivity index (χ1) is 10.7. The maximum Gasteiger partial charge on any atom is 0.206 e. The smallest absolute Gasteiger partial charge is 0.206 e. The maximum atomic E-state index is 11.2. The minimum absolute atomic E-state index is 0.0812. The van der Waals surface area contributed by atoms with Gasteiger partial charge in [-0.05, 0) is 17.6 Å². The molecule has 5 nitrogen and oxygen atoms in total. The molecule has 0 radical (unpaired) electrons. The first-order valence-electron chi connectivity index (χ1n) is 7.08. The van der Waals surface area contributed by atoms with E-state index in [1.54, 1.807) is 6.08 Å². The van der Waals surface area contributed by atoms with Crippen molar-refractivity contribution < 1.29 is 24.2 Å². The van der Waals surface area contributed by atoms with Gasteiger partial charge in [0.15, 0.2) is 0 Å². The minimum Gasteiger partial charge on any atom is -0.545 e. The van der Waals surface area contributed by atoms with Crippen LogP contribution < -0.4 is 5.11 Å². The second-order valence-electron chi connectivity index (χ2n) is 5.35. The molecule has 1 aromatic rings. The third-order valence-electron chi connectivity index (χ3n) is 4.08. The van der Waals surface area contributed by atoms with E-state index in [0.717, 1.165) is 11.8 Å². The Morgan fingerprint density at radius 3 is 2.82 bits per heavy atom. The third-order valence-corrected chi connectivity index (χ3v) is 4.08. The zero-order valence-corrected chi connectivity index (χ0v) is 11.8. The highest BCUT2D eigenvalue weighted by Crippen LogP contribution is 2.42. The van der Waals surface area contributed by atoms with Crippen LogP contribution >= 0.6 is 0 Å². The molecular formula is C17H15O5-. The summed E-state index contributed by atoms with van der Waals surface area (Å²) in [7, 11) is 0. The summed E-state index contributed by atoms with van der Waals surface area (Å²) in [6.07, 6.45) is 3.48. The van der Waals surface area contributed by atoms with Gasteiger partial charge in [0.1, 0.15) is 6.29 Å². The van der Waals surface area contributed by atoms with Crippen molar-refractivity contribution in [2.24, 2.45) is 11.8 Å². The van der Waals surface area contributed by atoms with E-state index in [-0.39, 0.29) is 11.5 Å². The molecule has 0 saturated heterocycles. The zero-order chi connectivity index (χ0) is 15.5. The monoisotopic (exact) mass is 299 g/mol. The van der Waals surface area contributed by atoms with Gasteiger partial charge in [0.2, 0.25) is 6.29 Å². The highest BCUT2D eigenvalue weighted by Gasteiger charge is 2.42. The molecule has 1 heterocycles. The van der Waals surface area contributed by atoms with E-state index in [9.17, 15) is 14.7 Å². The maximum absolute atomic E-state index is 11.2. The standard InChI is InChI=1S/C17H16O5/c18-8-12-6-7-13-14(16(19)20)10-22-17(15(12)13)21-9-11-4-2-1-3-5-11/h1-6,8,10,13,15,17H,7,9H2,(H,19,20)/p-1. The van der Waals surface area contributed by atoms with Gasteiger partial charge >= 0.3 is 0 Å². The summed E-state index contributed by atoms with van der Waals surface area (Å²) < 4.78 is 11.2. The number of benzene rings is 1. The zero-order valence-electron chi connectivity index (χ0n) is 11.8. The van der Waals surface area contributed by atoms with E-state index < -0.39 is 18.2 Å². The molecule has 0 aromatic heterocycles. The average molecular weight is 299 g/mol. The summed E-state index contributed by atoms with van der Waals surface area (Å²) >= 11 is 0. The Labute approximate surface area is 127 Å². The first kappa shape index (κ1) is 14.5. The van der Waals surface area contributed by atoms with Gasteiger partial charge in [-0.3, -0.25) is 4.79 Å². The van der Waals surface area contributed by atoms with Crippen molar-refractivity contribution in [1.82, 2.24) is 0 Å². The molecular weight excluding hydrogens is 284 g/mol. The highest BCUT2D eigenvalue weighted by atomic mass is 16.7. The lowest BCUT2D eigenvalue weighted by molar-refractivity contribution is -0.301. The van der Waals surface area contributed by atoms with E-state index in [2.05, 4.69) is 0 Å². The van der Waals surface area contributed by atoms with E-state index >= 15 is 0 Å². The summed E-state index contributed by atoms with van der Waals surface area (Å²) in [4.78, 5) is 22.4. The van der Waals surface area contributed by atoms with Crippen LogP contribution in [0.15, 0.2) is 53.8 Å². The lowest BCUT2D eigenvalue weighted by Gasteiger charge is -2.35. The number of carboxylic acid groups (broad SMARTS) is 1. The van der Waals surface area contributed by atoms with Gasteiger partial charge in [-0.25, -0.2) is 0 Å². The van der Waals surface area contributed by atoms with Crippen molar-refractivity contribution in [3.8, 4) is 0 Å². The number of carboxylic acids is 1. The molecule has 0 fully saturated rings. The van der Waals surface area contributed by atoms with Gasteiger partial charge in [-0.1, -0.05) is 36.4 Å². The van der Waals surface area contributed by atoms with Gasteiger partial charge in [-0.15, -0.1) is 0 Å². The Kier molecular flexibility index (Phi) is 4.06. The molecule has 0 bridgehead atoms. The Bertz CT molecular complexity index is 632. The molecule has 3 unspecified atom stereocenters. The van der Waals surface area contributed by atoms with Crippen molar-refractivity contribution in [3.05, 3.63) is 59.4 Å². The van der Waals surface area contributed by atoms with Crippen LogP contribution in [0.25, 0.3) is 0 Å². The van der Waals surface area contributed by atoms with Crippen molar-refractivity contribution in [2.75, 3.05) is 0 Å². The Morgan fingerprint density at radius 2 is 2.14 bits per heavy atom. The predicted molar refractivity (Wildman–Crippen MR) is 74.9 cm³/mol. The second-order valence-corrected chi connectivity index (χ2v) is 5.35. The lowest BCUT2D eigenvalue weighted by atomic mass is 9.84. The SMILES string of the molecule is O=CC1=CCC2C(C(=O)[O-])=COC(OCc3ccccc3)C12. The number of carbonyl (C=O) groups excluding carboxylic acids is 2. The number of aliphatic carboxylic acids is 1. The molecule has 0 N–H and O–H groups in total. The summed E-state index contributed by atoms with van der Waals surface area (Å²) in [6.45, 7) is 0.329. The normalized spacial score (nSPS) is 26.5. The second kappa shape index (κ2) is 6.15. The summed E-state index contributed by atoms with van der Waals surface area (Å²) in [5.41, 5.74) is 1.58. The number of ether oxygens (including phenoxy) is 2. The van der Waals surface area contributed by atoms with Crippen molar-refractivity contribution in [3.63, 3.8) is 0 Å². The molecule has 0 saturated carbocycles. The average Bonchev–Trinajstić information content (AvgIpc) is 2.97. The predicted octanol–water partition coefficient (Wildman–Crippen LogP) is 0.955. The summed E-state index contributed by atoms with van der Waals surface area (Å²) in [6, 6.07) is 9.57. The number of hydrogen-bond donors (Lipinski definition) is 0. The lowest BCUT2D eigenvalue weighted by Crippen LogP contribution is -2.40. The van der Waals surface area contributed by atoms with Crippen LogP contribution in [0.4, 0.5) is 0 Å². The Balaban J connectivity index is 1.77. The van der Waals surface area contributed by atoms with Gasteiger partial charge in [0.25, 0.3) is 0 Å². The van der Waals surface area contributed by atoms with Crippen LogP contribution in [-0.4, -0.2) is 18.5 Å². The molecule has 0 spiro atoms. The molecule has 0 amide bonds. The fourth-order valence-corrected chi connectivity index (χ4v) is 2.98. The van der Waals surface area contributed by atoms with Crippen LogP contribution in [0, 0.1) is 11.8 Å².